The fourth-order valence-electron chi connectivity index (χ4n) is 2.58. The molecule has 3 rings (SSSR count). The monoisotopic (exact) mass is 270 g/mol. The van der Waals surface area contributed by atoms with Crippen LogP contribution >= 0.6 is 0 Å². The predicted molar refractivity (Wildman–Crippen MR) is 76.0 cm³/mol. The first-order valence-electron chi connectivity index (χ1n) is 6.46. The molecule has 102 valence electrons. The lowest BCUT2D eigenvalue weighted by molar-refractivity contribution is -0.117. The van der Waals surface area contributed by atoms with Crippen LogP contribution in [0.2, 0.25) is 0 Å². The number of amides is 1. The highest BCUT2D eigenvalue weighted by Gasteiger charge is 2.24. The maximum absolute atomic E-state index is 13.3. The molecule has 0 bridgehead atoms. The third kappa shape index (κ3) is 2.08. The smallest absolute Gasteiger partial charge is 0.231 e. The molecule has 0 saturated carbocycles. The van der Waals surface area contributed by atoms with E-state index in [4.69, 9.17) is 5.73 Å². The molecule has 0 aromatic heterocycles. The van der Waals surface area contributed by atoms with Crippen LogP contribution < -0.4 is 10.6 Å². The normalized spacial score (nSPS) is 15.3. The number of nitrogens with two attached hydrogens (primary N) is 1. The zero-order chi connectivity index (χ0) is 14.3. The van der Waals surface area contributed by atoms with Crippen molar-refractivity contribution in [3.8, 4) is 0 Å². The Morgan fingerprint density at radius 3 is 2.70 bits per heavy atom. The van der Waals surface area contributed by atoms with E-state index < -0.39 is 6.04 Å². The molecule has 1 heterocycles. The van der Waals surface area contributed by atoms with Gasteiger partial charge in [0.2, 0.25) is 5.91 Å². The summed E-state index contributed by atoms with van der Waals surface area (Å²) in [6, 6.07) is 11.6. The Labute approximate surface area is 116 Å². The SMILES string of the molecule is CN1C(=O)Cc2cc(C(N)c3cccc(F)c3)ccc21. The fourth-order valence-corrected chi connectivity index (χ4v) is 2.58. The molecule has 3 nitrogen and oxygen atoms in total. The first-order chi connectivity index (χ1) is 9.56. The second-order valence-corrected chi connectivity index (χ2v) is 5.05. The van der Waals surface area contributed by atoms with Gasteiger partial charge in [-0.1, -0.05) is 24.3 Å². The van der Waals surface area contributed by atoms with Gasteiger partial charge in [-0.25, -0.2) is 4.39 Å². The van der Waals surface area contributed by atoms with Crippen molar-refractivity contribution >= 4 is 11.6 Å². The summed E-state index contributed by atoms with van der Waals surface area (Å²) in [6.07, 6.45) is 0.398. The largest absolute Gasteiger partial charge is 0.320 e. The summed E-state index contributed by atoms with van der Waals surface area (Å²) in [5.41, 5.74) is 9.69. The van der Waals surface area contributed by atoms with Crippen LogP contribution in [0.3, 0.4) is 0 Å². The van der Waals surface area contributed by atoms with Crippen LogP contribution in [-0.2, 0) is 11.2 Å². The molecule has 1 aliphatic rings. The molecule has 0 fully saturated rings. The number of nitrogens with zero attached hydrogens (tertiary/aromatic N) is 1. The van der Waals surface area contributed by atoms with Crippen molar-refractivity contribution in [3.63, 3.8) is 0 Å². The zero-order valence-corrected chi connectivity index (χ0v) is 11.1. The standard InChI is InChI=1S/C16H15FN2O/c1-19-14-6-5-11(7-12(14)9-15(19)20)16(18)10-3-2-4-13(17)8-10/h2-8,16H,9,18H2,1H3. The van der Waals surface area contributed by atoms with Gasteiger partial charge in [-0.3, -0.25) is 4.79 Å². The highest BCUT2D eigenvalue weighted by Crippen LogP contribution is 2.31. The predicted octanol–water partition coefficient (Wildman–Crippen LogP) is 2.39. The molecule has 2 aromatic carbocycles. The lowest BCUT2D eigenvalue weighted by Gasteiger charge is -2.15. The molecule has 1 amide bonds. The van der Waals surface area contributed by atoms with Crippen molar-refractivity contribution < 1.29 is 9.18 Å². The summed E-state index contributed by atoms with van der Waals surface area (Å²) in [5.74, 6) is -0.217. The number of carbonyl (C=O) groups excluding carboxylic acids is 1. The molecular formula is C16H15FN2O. The molecule has 4 heteroatoms. The second kappa shape index (κ2) is 4.72. The van der Waals surface area contributed by atoms with Crippen molar-refractivity contribution in [2.45, 2.75) is 12.5 Å². The molecule has 0 saturated heterocycles. The quantitative estimate of drug-likeness (QED) is 0.910. The Balaban J connectivity index is 1.96. The highest BCUT2D eigenvalue weighted by atomic mass is 19.1. The van der Waals surface area contributed by atoms with E-state index in [9.17, 15) is 9.18 Å². The van der Waals surface area contributed by atoms with E-state index in [2.05, 4.69) is 0 Å². The van der Waals surface area contributed by atoms with Crippen LogP contribution in [0.4, 0.5) is 10.1 Å². The summed E-state index contributed by atoms with van der Waals surface area (Å²) < 4.78 is 13.3. The molecule has 2 N–H and O–H groups in total. The van der Waals surface area contributed by atoms with Crippen molar-refractivity contribution in [1.82, 2.24) is 0 Å². The fraction of sp³-hybridized carbons (Fsp3) is 0.188. The van der Waals surface area contributed by atoms with E-state index in [0.29, 0.717) is 6.42 Å². The number of carbonyl (C=O) groups is 1. The van der Waals surface area contributed by atoms with Crippen molar-refractivity contribution in [3.05, 3.63) is 65.0 Å². The second-order valence-electron chi connectivity index (χ2n) is 5.05. The Bertz CT molecular complexity index is 684. The maximum atomic E-state index is 13.3. The van der Waals surface area contributed by atoms with Crippen LogP contribution in [0, 0.1) is 5.82 Å². The topological polar surface area (TPSA) is 46.3 Å². The summed E-state index contributed by atoms with van der Waals surface area (Å²) in [7, 11) is 1.76. The molecule has 1 atom stereocenters. The number of fused-ring (bicyclic) bond motifs is 1. The van der Waals surface area contributed by atoms with E-state index >= 15 is 0 Å². The molecule has 2 aromatic rings. The third-order valence-corrected chi connectivity index (χ3v) is 3.75. The molecule has 0 spiro atoms. The number of hydrogen-bond acceptors (Lipinski definition) is 2. The van der Waals surface area contributed by atoms with E-state index in [1.807, 2.05) is 18.2 Å². The first-order valence-corrected chi connectivity index (χ1v) is 6.46. The number of hydrogen-bond donors (Lipinski definition) is 1. The average molecular weight is 270 g/mol. The van der Waals surface area contributed by atoms with Gasteiger partial charge in [0.05, 0.1) is 12.5 Å². The Kier molecular flexibility index (Phi) is 3.03. The van der Waals surface area contributed by atoms with Crippen LogP contribution in [0.5, 0.6) is 0 Å². The minimum Gasteiger partial charge on any atom is -0.320 e. The summed E-state index contributed by atoms with van der Waals surface area (Å²) in [4.78, 5) is 13.3. The highest BCUT2D eigenvalue weighted by molar-refractivity contribution is 6.00. The van der Waals surface area contributed by atoms with Gasteiger partial charge in [0.15, 0.2) is 0 Å². The molecule has 1 aliphatic heterocycles. The first kappa shape index (κ1) is 12.8. The number of halogens is 1. The number of rotatable bonds is 2. The number of likely N-dealkylation sites (N-methyl/N-ethyl adjacent to an activating group) is 1. The maximum Gasteiger partial charge on any atom is 0.231 e. The summed E-state index contributed by atoms with van der Waals surface area (Å²) >= 11 is 0. The van der Waals surface area contributed by atoms with Gasteiger partial charge in [0.1, 0.15) is 5.82 Å². The van der Waals surface area contributed by atoms with Gasteiger partial charge >= 0.3 is 0 Å². The minimum atomic E-state index is -0.392. The van der Waals surface area contributed by atoms with Gasteiger partial charge in [0.25, 0.3) is 0 Å². The summed E-state index contributed by atoms with van der Waals surface area (Å²) in [6.45, 7) is 0. The Morgan fingerprint density at radius 2 is 1.95 bits per heavy atom. The third-order valence-electron chi connectivity index (χ3n) is 3.75. The molecule has 0 aliphatic carbocycles. The van der Waals surface area contributed by atoms with Crippen molar-refractivity contribution in [1.29, 1.82) is 0 Å². The zero-order valence-electron chi connectivity index (χ0n) is 11.1. The van der Waals surface area contributed by atoms with Crippen LogP contribution in [-0.4, -0.2) is 13.0 Å². The van der Waals surface area contributed by atoms with E-state index in [-0.39, 0.29) is 11.7 Å². The van der Waals surface area contributed by atoms with Gasteiger partial charge in [-0.15, -0.1) is 0 Å². The molecule has 20 heavy (non-hydrogen) atoms. The lowest BCUT2D eigenvalue weighted by atomic mass is 9.97. The minimum absolute atomic E-state index is 0.0801. The Hall–Kier alpha value is -2.20. The average Bonchev–Trinajstić information content (AvgIpc) is 2.73. The van der Waals surface area contributed by atoms with E-state index in [0.717, 1.165) is 22.4 Å². The number of benzene rings is 2. The Morgan fingerprint density at radius 1 is 1.20 bits per heavy atom. The van der Waals surface area contributed by atoms with Crippen molar-refractivity contribution in [2.75, 3.05) is 11.9 Å². The van der Waals surface area contributed by atoms with Crippen LogP contribution in [0.15, 0.2) is 42.5 Å². The van der Waals surface area contributed by atoms with Gasteiger partial charge in [-0.2, -0.15) is 0 Å². The van der Waals surface area contributed by atoms with E-state index in [1.54, 1.807) is 24.1 Å². The van der Waals surface area contributed by atoms with Gasteiger partial charge in [-0.05, 0) is 34.9 Å². The lowest BCUT2D eigenvalue weighted by Crippen LogP contribution is -2.20. The van der Waals surface area contributed by atoms with Crippen LogP contribution in [0.1, 0.15) is 22.7 Å². The molecule has 1 unspecified atom stereocenters. The molecular weight excluding hydrogens is 255 g/mol. The van der Waals surface area contributed by atoms with Gasteiger partial charge < -0.3 is 10.6 Å². The summed E-state index contributed by atoms with van der Waals surface area (Å²) in [5, 5.41) is 0. The number of anilines is 1. The van der Waals surface area contributed by atoms with E-state index in [1.165, 1.54) is 12.1 Å². The van der Waals surface area contributed by atoms with Gasteiger partial charge in [0, 0.05) is 12.7 Å². The molecule has 0 radical (unpaired) electrons. The van der Waals surface area contributed by atoms with Crippen molar-refractivity contribution in [2.24, 2.45) is 5.73 Å². The van der Waals surface area contributed by atoms with Crippen LogP contribution in [0.25, 0.3) is 0 Å².